The molecule has 0 radical (unpaired) electrons. The molecule has 1 aliphatic carbocycles. The number of rotatable bonds is 5. The number of nitrogens with zero attached hydrogens (tertiary/aromatic N) is 3. The van der Waals surface area contributed by atoms with E-state index in [2.05, 4.69) is 19.8 Å². The van der Waals surface area contributed by atoms with Crippen LogP contribution in [0.4, 0.5) is 4.39 Å². The average Bonchev–Trinajstić information content (AvgIpc) is 2.99. The van der Waals surface area contributed by atoms with Crippen LogP contribution in [0.1, 0.15) is 25.7 Å². The highest BCUT2D eigenvalue weighted by atomic mass is 32.2. The quantitative estimate of drug-likeness (QED) is 0.722. The third-order valence-electron chi connectivity index (χ3n) is 4.83. The van der Waals surface area contributed by atoms with Crippen LogP contribution in [0, 0.1) is 11.2 Å². The van der Waals surface area contributed by atoms with E-state index in [1.807, 2.05) is 13.8 Å². The van der Waals surface area contributed by atoms with Gasteiger partial charge in [-0.25, -0.2) is 17.5 Å². The van der Waals surface area contributed by atoms with E-state index in [9.17, 15) is 12.8 Å². The second-order valence-corrected chi connectivity index (χ2v) is 8.77. The van der Waals surface area contributed by atoms with Gasteiger partial charge in [0.05, 0.1) is 17.0 Å². The van der Waals surface area contributed by atoms with Crippen molar-refractivity contribution in [1.82, 2.24) is 19.8 Å². The summed E-state index contributed by atoms with van der Waals surface area (Å²) in [5.74, 6) is -0.262. The lowest BCUT2D eigenvalue weighted by molar-refractivity contribution is 0.368. The molecular weight excluding hydrogens is 371 g/mol. The molecule has 0 amide bonds. The van der Waals surface area contributed by atoms with E-state index in [0.717, 1.165) is 6.20 Å². The molecule has 2 heterocycles. The third kappa shape index (κ3) is 3.24. The molecule has 0 saturated heterocycles. The molecule has 3 aromatic rings. The number of nitrogens with one attached hydrogen (secondary N) is 1. The van der Waals surface area contributed by atoms with Gasteiger partial charge in [-0.2, -0.15) is 4.98 Å². The SMILES string of the molecule is CC1(C)[C@H](NS(=O)(=O)c2ccccc2)[C@@H]1c1nc(-c2cncc(F)c2)no1. The summed E-state index contributed by atoms with van der Waals surface area (Å²) in [7, 11) is -3.66. The van der Waals surface area contributed by atoms with Crippen molar-refractivity contribution in [3.63, 3.8) is 0 Å². The molecule has 2 aromatic heterocycles. The number of hydrogen-bond acceptors (Lipinski definition) is 6. The number of benzene rings is 1. The Kier molecular flexibility index (Phi) is 4.08. The third-order valence-corrected chi connectivity index (χ3v) is 6.29. The van der Waals surface area contributed by atoms with Crippen molar-refractivity contribution in [3.05, 3.63) is 60.5 Å². The largest absolute Gasteiger partial charge is 0.339 e. The summed E-state index contributed by atoms with van der Waals surface area (Å²) in [6.45, 7) is 3.84. The summed E-state index contributed by atoms with van der Waals surface area (Å²) >= 11 is 0. The fourth-order valence-corrected chi connectivity index (χ4v) is 4.59. The van der Waals surface area contributed by atoms with Gasteiger partial charge < -0.3 is 4.52 Å². The molecule has 0 bridgehead atoms. The summed E-state index contributed by atoms with van der Waals surface area (Å²) in [6.07, 6.45) is 2.52. The van der Waals surface area contributed by atoms with E-state index < -0.39 is 21.3 Å². The van der Waals surface area contributed by atoms with E-state index in [0.29, 0.717) is 11.5 Å². The lowest BCUT2D eigenvalue weighted by Crippen LogP contribution is -2.29. The van der Waals surface area contributed by atoms with Gasteiger partial charge >= 0.3 is 0 Å². The van der Waals surface area contributed by atoms with E-state index in [1.165, 1.54) is 24.4 Å². The molecule has 4 rings (SSSR count). The molecule has 1 fully saturated rings. The Morgan fingerprint density at radius 1 is 1.19 bits per heavy atom. The first kappa shape index (κ1) is 17.7. The molecule has 1 aromatic carbocycles. The van der Waals surface area contributed by atoms with Crippen LogP contribution in [-0.2, 0) is 10.0 Å². The normalized spacial score (nSPS) is 21.1. The molecule has 7 nitrogen and oxygen atoms in total. The minimum atomic E-state index is -3.66. The predicted molar refractivity (Wildman–Crippen MR) is 94.6 cm³/mol. The number of hydrogen-bond donors (Lipinski definition) is 1. The van der Waals surface area contributed by atoms with Gasteiger partial charge in [0, 0.05) is 17.8 Å². The van der Waals surface area contributed by atoms with Gasteiger partial charge in [0.1, 0.15) is 5.82 Å². The fourth-order valence-electron chi connectivity index (χ4n) is 3.17. The van der Waals surface area contributed by atoms with Crippen molar-refractivity contribution >= 4 is 10.0 Å². The number of pyridine rings is 1. The second-order valence-electron chi connectivity index (χ2n) is 7.06. The van der Waals surface area contributed by atoms with Gasteiger partial charge in [0.15, 0.2) is 0 Å². The maximum Gasteiger partial charge on any atom is 0.240 e. The first-order valence-corrected chi connectivity index (χ1v) is 9.79. The van der Waals surface area contributed by atoms with Crippen LogP contribution in [0.2, 0.25) is 0 Å². The molecule has 140 valence electrons. The van der Waals surface area contributed by atoms with Gasteiger partial charge in [-0.3, -0.25) is 4.98 Å². The summed E-state index contributed by atoms with van der Waals surface area (Å²) < 4.78 is 46.5. The Morgan fingerprint density at radius 2 is 1.93 bits per heavy atom. The van der Waals surface area contributed by atoms with Crippen molar-refractivity contribution in [3.8, 4) is 11.4 Å². The van der Waals surface area contributed by atoms with Gasteiger partial charge in [0.25, 0.3) is 0 Å². The zero-order valence-electron chi connectivity index (χ0n) is 14.6. The van der Waals surface area contributed by atoms with Crippen LogP contribution in [-0.4, -0.2) is 29.6 Å². The molecule has 2 atom stereocenters. The molecule has 27 heavy (non-hydrogen) atoms. The van der Waals surface area contributed by atoms with E-state index >= 15 is 0 Å². The molecule has 0 aliphatic heterocycles. The molecule has 0 unspecified atom stereocenters. The Hall–Kier alpha value is -2.65. The van der Waals surface area contributed by atoms with Crippen LogP contribution in [0.5, 0.6) is 0 Å². The Labute approximate surface area is 155 Å². The van der Waals surface area contributed by atoms with Crippen molar-refractivity contribution in [2.24, 2.45) is 5.41 Å². The van der Waals surface area contributed by atoms with Gasteiger partial charge in [-0.1, -0.05) is 37.2 Å². The van der Waals surface area contributed by atoms with Gasteiger partial charge in [-0.05, 0) is 23.6 Å². The second kappa shape index (κ2) is 6.21. The standard InChI is InChI=1S/C18H17FN4O3S/c1-18(2)14(15(18)23-27(24,25)13-6-4-3-5-7-13)17-21-16(22-26-17)11-8-12(19)10-20-9-11/h3-10,14-15,23H,1-2H3/t14-,15-/m1/s1. The Balaban J connectivity index is 1.57. The van der Waals surface area contributed by atoms with E-state index in [1.54, 1.807) is 18.2 Å². The Morgan fingerprint density at radius 3 is 2.63 bits per heavy atom. The molecular formula is C18H17FN4O3S. The zero-order chi connectivity index (χ0) is 19.2. The van der Waals surface area contributed by atoms with Gasteiger partial charge in [0.2, 0.25) is 21.7 Å². The molecule has 1 saturated carbocycles. The van der Waals surface area contributed by atoms with E-state index in [-0.39, 0.29) is 22.7 Å². The van der Waals surface area contributed by atoms with Gasteiger partial charge in [-0.15, -0.1) is 0 Å². The highest BCUT2D eigenvalue weighted by molar-refractivity contribution is 7.89. The van der Waals surface area contributed by atoms with Crippen LogP contribution >= 0.6 is 0 Å². The summed E-state index contributed by atoms with van der Waals surface area (Å²) in [5, 5.41) is 3.87. The topological polar surface area (TPSA) is 98.0 Å². The first-order chi connectivity index (χ1) is 12.8. The monoisotopic (exact) mass is 388 g/mol. The minimum absolute atomic E-state index is 0.198. The van der Waals surface area contributed by atoms with Crippen LogP contribution in [0.3, 0.4) is 0 Å². The molecule has 0 spiro atoms. The molecule has 1 aliphatic rings. The highest BCUT2D eigenvalue weighted by Crippen LogP contribution is 2.58. The minimum Gasteiger partial charge on any atom is -0.339 e. The fraction of sp³-hybridized carbons (Fsp3) is 0.278. The van der Waals surface area contributed by atoms with Crippen molar-refractivity contribution in [2.75, 3.05) is 0 Å². The average molecular weight is 388 g/mol. The van der Waals surface area contributed by atoms with Crippen molar-refractivity contribution in [2.45, 2.75) is 30.7 Å². The molecule has 9 heteroatoms. The van der Waals surface area contributed by atoms with Crippen LogP contribution < -0.4 is 4.72 Å². The first-order valence-electron chi connectivity index (χ1n) is 8.31. The van der Waals surface area contributed by atoms with E-state index in [4.69, 9.17) is 4.52 Å². The number of aromatic nitrogens is 3. The number of halogens is 1. The van der Waals surface area contributed by atoms with Crippen molar-refractivity contribution in [1.29, 1.82) is 0 Å². The zero-order valence-corrected chi connectivity index (χ0v) is 15.4. The lowest BCUT2D eigenvalue weighted by atomic mass is 10.1. The van der Waals surface area contributed by atoms with Crippen LogP contribution in [0.25, 0.3) is 11.4 Å². The summed E-state index contributed by atoms with van der Waals surface area (Å²) in [6, 6.07) is 9.03. The predicted octanol–water partition coefficient (Wildman–Crippen LogP) is 2.74. The highest BCUT2D eigenvalue weighted by Gasteiger charge is 2.63. The summed E-state index contributed by atoms with van der Waals surface area (Å²) in [4.78, 5) is 8.28. The lowest BCUT2D eigenvalue weighted by Gasteiger charge is -2.07. The number of sulfonamides is 1. The summed E-state index contributed by atoms with van der Waals surface area (Å²) in [5.41, 5.74) is -0.00358. The maximum absolute atomic E-state index is 13.3. The Bertz CT molecular complexity index is 1080. The molecule has 1 N–H and O–H groups in total. The van der Waals surface area contributed by atoms with Crippen LogP contribution in [0.15, 0.2) is 58.2 Å². The smallest absolute Gasteiger partial charge is 0.240 e. The van der Waals surface area contributed by atoms with Crippen molar-refractivity contribution < 1.29 is 17.3 Å². The maximum atomic E-state index is 13.3.